The Morgan fingerprint density at radius 1 is 1.32 bits per heavy atom. The number of nitro groups is 1. The molecule has 1 unspecified atom stereocenters. The molecule has 1 amide bonds. The number of pyridine rings is 1. The molecule has 9 heteroatoms. The van der Waals surface area contributed by atoms with Crippen LogP contribution in [0, 0.1) is 10.1 Å². The summed E-state index contributed by atoms with van der Waals surface area (Å²) in [6.07, 6.45) is -0.702. The van der Waals surface area contributed by atoms with Gasteiger partial charge in [-0.15, -0.1) is 0 Å². The lowest BCUT2D eigenvalue weighted by Crippen LogP contribution is -2.46. The number of fused-ring (bicyclic) bond motifs is 1. The predicted octanol–water partition coefficient (Wildman–Crippen LogP) is 1.76. The number of aromatic nitrogens is 1. The van der Waals surface area contributed by atoms with E-state index in [1.807, 2.05) is 0 Å². The fourth-order valence-corrected chi connectivity index (χ4v) is 2.41. The van der Waals surface area contributed by atoms with Gasteiger partial charge in [0, 0.05) is 11.8 Å². The topological polar surface area (TPSA) is 121 Å². The van der Waals surface area contributed by atoms with Crippen molar-refractivity contribution in [3.05, 3.63) is 46.5 Å². The molecule has 2 N–H and O–H groups in total. The lowest BCUT2D eigenvalue weighted by atomic mass is 10.2. The highest BCUT2D eigenvalue weighted by Gasteiger charge is 2.36. The third-order valence-corrected chi connectivity index (χ3v) is 3.65. The molecule has 1 aliphatic rings. The van der Waals surface area contributed by atoms with Gasteiger partial charge in [-0.05, 0) is 47.2 Å². The smallest absolute Gasteiger partial charge is 0.366 e. The molecule has 3 rings (SSSR count). The van der Waals surface area contributed by atoms with E-state index < -0.39 is 11.0 Å². The lowest BCUT2D eigenvalue weighted by molar-refractivity contribution is -0.389. The van der Waals surface area contributed by atoms with Crippen LogP contribution in [-0.4, -0.2) is 35.1 Å². The highest BCUT2D eigenvalue weighted by Crippen LogP contribution is 2.33. The molecule has 130 valence electrons. The zero-order valence-corrected chi connectivity index (χ0v) is 13.4. The molecule has 2 aromatic rings. The van der Waals surface area contributed by atoms with Crippen molar-refractivity contribution in [2.75, 3.05) is 23.8 Å². The van der Waals surface area contributed by atoms with Gasteiger partial charge in [0.15, 0.2) is 11.9 Å². The molecule has 2 heterocycles. The number of hydrogen-bond donors (Lipinski definition) is 1. The van der Waals surface area contributed by atoms with Gasteiger partial charge in [-0.25, -0.2) is 0 Å². The Morgan fingerprint density at radius 2 is 2.04 bits per heavy atom. The zero-order chi connectivity index (χ0) is 18.0. The molecule has 0 saturated heterocycles. The van der Waals surface area contributed by atoms with Crippen LogP contribution in [0.25, 0.3) is 0 Å². The standard InChI is InChI=1S/C16H16N4O5/c1-10-16(21)19(8-9-24-12-4-2-11(17)3-5-12)15-13(25-10)6-7-14(18-15)20(22)23/h2-7,10H,8-9,17H2,1H3. The summed E-state index contributed by atoms with van der Waals surface area (Å²) in [5.41, 5.74) is 6.23. The molecule has 0 fully saturated rings. The number of amides is 1. The van der Waals surface area contributed by atoms with Gasteiger partial charge in [-0.2, -0.15) is 0 Å². The minimum Gasteiger partial charge on any atom is -0.492 e. The molecule has 1 aliphatic heterocycles. The van der Waals surface area contributed by atoms with Crippen LogP contribution in [-0.2, 0) is 4.79 Å². The molecule has 1 aromatic carbocycles. The number of carbonyl (C=O) groups is 1. The van der Waals surface area contributed by atoms with Crippen molar-refractivity contribution in [2.45, 2.75) is 13.0 Å². The van der Waals surface area contributed by atoms with Gasteiger partial charge in [0.25, 0.3) is 11.7 Å². The molecule has 0 bridgehead atoms. The van der Waals surface area contributed by atoms with E-state index in [1.54, 1.807) is 31.2 Å². The van der Waals surface area contributed by atoms with Crippen molar-refractivity contribution in [1.82, 2.24) is 4.98 Å². The Kier molecular flexibility index (Phi) is 4.38. The summed E-state index contributed by atoms with van der Waals surface area (Å²) in [5, 5.41) is 10.9. The van der Waals surface area contributed by atoms with Gasteiger partial charge in [0.05, 0.1) is 6.54 Å². The number of nitrogens with two attached hydrogens (primary N) is 1. The Bertz CT molecular complexity index is 809. The number of hydrogen-bond acceptors (Lipinski definition) is 7. The molecule has 0 aliphatic carbocycles. The Labute approximate surface area is 143 Å². The van der Waals surface area contributed by atoms with Gasteiger partial charge in [-0.3, -0.25) is 9.69 Å². The summed E-state index contributed by atoms with van der Waals surface area (Å²) in [5.74, 6) is 0.370. The fourth-order valence-electron chi connectivity index (χ4n) is 2.41. The zero-order valence-electron chi connectivity index (χ0n) is 13.4. The molecule has 1 aromatic heterocycles. The lowest BCUT2D eigenvalue weighted by Gasteiger charge is -2.29. The van der Waals surface area contributed by atoms with Crippen molar-refractivity contribution in [1.29, 1.82) is 0 Å². The summed E-state index contributed by atoms with van der Waals surface area (Å²) < 4.78 is 11.0. The van der Waals surface area contributed by atoms with Crippen LogP contribution < -0.4 is 20.1 Å². The third kappa shape index (κ3) is 3.44. The second-order valence-corrected chi connectivity index (χ2v) is 5.42. The van der Waals surface area contributed by atoms with Crippen molar-refractivity contribution < 1.29 is 19.2 Å². The Morgan fingerprint density at radius 3 is 2.72 bits per heavy atom. The molecular formula is C16H16N4O5. The largest absolute Gasteiger partial charge is 0.492 e. The monoisotopic (exact) mass is 344 g/mol. The maximum Gasteiger partial charge on any atom is 0.366 e. The normalized spacial score (nSPS) is 16.1. The van der Waals surface area contributed by atoms with Crippen molar-refractivity contribution >= 4 is 23.2 Å². The maximum absolute atomic E-state index is 12.4. The second-order valence-electron chi connectivity index (χ2n) is 5.42. The summed E-state index contributed by atoms with van der Waals surface area (Å²) in [6, 6.07) is 9.53. The maximum atomic E-state index is 12.4. The van der Waals surface area contributed by atoms with E-state index in [1.165, 1.54) is 17.0 Å². The first-order valence-corrected chi connectivity index (χ1v) is 7.57. The van der Waals surface area contributed by atoms with Crippen molar-refractivity contribution in [3.8, 4) is 11.5 Å². The van der Waals surface area contributed by atoms with Crippen LogP contribution >= 0.6 is 0 Å². The molecule has 0 spiro atoms. The summed E-state index contributed by atoms with van der Waals surface area (Å²) in [4.78, 5) is 28.0. The van der Waals surface area contributed by atoms with E-state index in [2.05, 4.69) is 4.98 Å². The van der Waals surface area contributed by atoms with Gasteiger partial charge in [-0.1, -0.05) is 0 Å². The van der Waals surface area contributed by atoms with E-state index in [0.29, 0.717) is 17.2 Å². The molecule has 0 radical (unpaired) electrons. The number of anilines is 2. The van der Waals surface area contributed by atoms with Crippen LogP contribution in [0.4, 0.5) is 17.3 Å². The molecule has 0 saturated carbocycles. The number of ether oxygens (including phenoxy) is 2. The van der Waals surface area contributed by atoms with Crippen molar-refractivity contribution in [3.63, 3.8) is 0 Å². The van der Waals surface area contributed by atoms with Crippen LogP contribution in [0.2, 0.25) is 0 Å². The van der Waals surface area contributed by atoms with E-state index in [0.717, 1.165) is 0 Å². The Hall–Kier alpha value is -3.36. The van der Waals surface area contributed by atoms with E-state index in [-0.39, 0.29) is 30.7 Å². The quantitative estimate of drug-likeness (QED) is 0.498. The van der Waals surface area contributed by atoms with Crippen LogP contribution in [0.5, 0.6) is 11.5 Å². The number of carbonyl (C=O) groups excluding carboxylic acids is 1. The molecule has 1 atom stereocenters. The summed E-state index contributed by atoms with van der Waals surface area (Å²) in [7, 11) is 0. The summed E-state index contributed by atoms with van der Waals surface area (Å²) >= 11 is 0. The van der Waals surface area contributed by atoms with E-state index in [4.69, 9.17) is 15.2 Å². The molecule has 25 heavy (non-hydrogen) atoms. The summed E-state index contributed by atoms with van der Waals surface area (Å²) in [6.45, 7) is 1.98. The van der Waals surface area contributed by atoms with Crippen LogP contribution in [0.3, 0.4) is 0 Å². The average molecular weight is 344 g/mol. The van der Waals surface area contributed by atoms with Gasteiger partial charge < -0.3 is 25.3 Å². The number of benzene rings is 1. The predicted molar refractivity (Wildman–Crippen MR) is 89.7 cm³/mol. The minimum atomic E-state index is -0.702. The SMILES string of the molecule is CC1Oc2ccc([N+](=O)[O-])nc2N(CCOc2ccc(N)cc2)C1=O. The highest BCUT2D eigenvalue weighted by molar-refractivity contribution is 5.98. The number of rotatable bonds is 5. The third-order valence-electron chi connectivity index (χ3n) is 3.65. The van der Waals surface area contributed by atoms with E-state index in [9.17, 15) is 14.9 Å². The second kappa shape index (κ2) is 6.63. The molecule has 9 nitrogen and oxygen atoms in total. The minimum absolute atomic E-state index is 0.123. The van der Waals surface area contributed by atoms with E-state index >= 15 is 0 Å². The first kappa shape index (κ1) is 16.5. The highest BCUT2D eigenvalue weighted by atomic mass is 16.6. The molecular weight excluding hydrogens is 328 g/mol. The van der Waals surface area contributed by atoms with Gasteiger partial charge in [0.1, 0.15) is 12.4 Å². The fraction of sp³-hybridized carbons (Fsp3) is 0.250. The average Bonchev–Trinajstić information content (AvgIpc) is 2.59. The first-order valence-electron chi connectivity index (χ1n) is 7.57. The number of nitrogen functional groups attached to an aromatic ring is 1. The van der Waals surface area contributed by atoms with Gasteiger partial charge in [0.2, 0.25) is 0 Å². The van der Waals surface area contributed by atoms with Gasteiger partial charge >= 0.3 is 5.82 Å². The first-order chi connectivity index (χ1) is 12.0. The Balaban J connectivity index is 1.77. The van der Waals surface area contributed by atoms with Crippen LogP contribution in [0.15, 0.2) is 36.4 Å². The van der Waals surface area contributed by atoms with Crippen LogP contribution in [0.1, 0.15) is 6.92 Å². The number of nitrogens with zero attached hydrogens (tertiary/aromatic N) is 3. The van der Waals surface area contributed by atoms with Crippen molar-refractivity contribution in [2.24, 2.45) is 0 Å².